The minimum absolute atomic E-state index is 0.615. The molecule has 0 saturated heterocycles. The molecule has 0 atom stereocenters. The Kier molecular flexibility index (Phi) is 5.14. The number of hydrogen-bond acceptors (Lipinski definition) is 3. The molecular formula is C37H23N3. The van der Waals surface area contributed by atoms with E-state index in [4.69, 9.17) is 4.98 Å². The van der Waals surface area contributed by atoms with Gasteiger partial charge in [0.1, 0.15) is 5.69 Å². The predicted molar refractivity (Wildman–Crippen MR) is 166 cm³/mol. The van der Waals surface area contributed by atoms with Crippen LogP contribution in [0.2, 0.25) is 0 Å². The van der Waals surface area contributed by atoms with Gasteiger partial charge in [0.25, 0.3) is 0 Å². The molecule has 2 heterocycles. The fourth-order valence-electron chi connectivity index (χ4n) is 5.76. The highest BCUT2D eigenvalue weighted by atomic mass is 14.9. The highest BCUT2D eigenvalue weighted by Crippen LogP contribution is 2.34. The number of rotatable bonds is 3. The molecule has 40 heavy (non-hydrogen) atoms. The van der Waals surface area contributed by atoms with Gasteiger partial charge in [0.15, 0.2) is 5.82 Å². The van der Waals surface area contributed by atoms with E-state index in [1.807, 2.05) is 6.07 Å². The van der Waals surface area contributed by atoms with Gasteiger partial charge in [-0.15, -0.1) is 0 Å². The molecule has 0 radical (unpaired) electrons. The van der Waals surface area contributed by atoms with Crippen molar-refractivity contribution >= 4 is 43.1 Å². The highest BCUT2D eigenvalue weighted by Gasteiger charge is 2.12. The van der Waals surface area contributed by atoms with E-state index >= 15 is 0 Å². The van der Waals surface area contributed by atoms with Crippen molar-refractivity contribution < 1.29 is 0 Å². The van der Waals surface area contributed by atoms with E-state index in [0.717, 1.165) is 28.1 Å². The molecule has 0 fully saturated rings. The zero-order chi connectivity index (χ0) is 26.5. The molecule has 0 aliphatic rings. The number of aromatic nitrogens is 3. The van der Waals surface area contributed by atoms with Gasteiger partial charge in [0.2, 0.25) is 0 Å². The topological polar surface area (TPSA) is 38.7 Å². The van der Waals surface area contributed by atoms with Crippen molar-refractivity contribution in [1.82, 2.24) is 15.0 Å². The van der Waals surface area contributed by atoms with Gasteiger partial charge in [0, 0.05) is 18.0 Å². The highest BCUT2D eigenvalue weighted by molar-refractivity contribution is 6.09. The van der Waals surface area contributed by atoms with Crippen LogP contribution in [0.15, 0.2) is 140 Å². The zero-order valence-electron chi connectivity index (χ0n) is 21.6. The normalized spacial score (nSPS) is 11.5. The summed E-state index contributed by atoms with van der Waals surface area (Å²) in [5.74, 6) is 0.615. The van der Waals surface area contributed by atoms with Gasteiger partial charge in [-0.05, 0) is 84.5 Å². The Morgan fingerprint density at radius 3 is 1.55 bits per heavy atom. The van der Waals surface area contributed by atoms with E-state index < -0.39 is 0 Å². The summed E-state index contributed by atoms with van der Waals surface area (Å²) in [6.45, 7) is 0. The molecule has 0 unspecified atom stereocenters. The summed E-state index contributed by atoms with van der Waals surface area (Å²) in [5.41, 5.74) is 4.93. The molecule has 0 saturated carbocycles. The van der Waals surface area contributed by atoms with Crippen LogP contribution in [0.4, 0.5) is 0 Å². The van der Waals surface area contributed by atoms with Crippen LogP contribution in [-0.2, 0) is 0 Å². The van der Waals surface area contributed by atoms with Gasteiger partial charge in [0.05, 0.1) is 5.69 Å². The van der Waals surface area contributed by atoms with E-state index in [-0.39, 0.29) is 0 Å². The largest absolute Gasteiger partial charge is 0.244 e. The SMILES string of the molecule is c1cnc(-c2cc(-c3ccc4c(ccc5ccccc54)c3)cc(-c3ccc4c(ccc5ccccc54)c3)n2)nc1. The van der Waals surface area contributed by atoms with Crippen LogP contribution in [0.5, 0.6) is 0 Å². The number of pyridine rings is 1. The fourth-order valence-corrected chi connectivity index (χ4v) is 5.76. The maximum Gasteiger partial charge on any atom is 0.178 e. The van der Waals surface area contributed by atoms with Crippen molar-refractivity contribution in [2.45, 2.75) is 0 Å². The second-order valence-corrected chi connectivity index (χ2v) is 10.1. The van der Waals surface area contributed by atoms with Crippen molar-refractivity contribution in [2.24, 2.45) is 0 Å². The molecule has 8 aromatic rings. The maximum absolute atomic E-state index is 5.05. The molecule has 0 N–H and O–H groups in total. The first-order valence-corrected chi connectivity index (χ1v) is 13.4. The van der Waals surface area contributed by atoms with Crippen molar-refractivity contribution in [1.29, 1.82) is 0 Å². The van der Waals surface area contributed by atoms with Crippen LogP contribution in [0.25, 0.3) is 77.0 Å². The van der Waals surface area contributed by atoms with Gasteiger partial charge in [-0.1, -0.05) is 97.1 Å². The van der Waals surface area contributed by atoms with Gasteiger partial charge < -0.3 is 0 Å². The third-order valence-corrected chi connectivity index (χ3v) is 7.74. The Bertz CT molecular complexity index is 2080. The molecule has 3 nitrogen and oxygen atoms in total. The first-order valence-electron chi connectivity index (χ1n) is 13.4. The molecular weight excluding hydrogens is 486 g/mol. The van der Waals surface area contributed by atoms with Crippen LogP contribution in [0.3, 0.4) is 0 Å². The first-order chi connectivity index (χ1) is 19.8. The van der Waals surface area contributed by atoms with Crippen molar-refractivity contribution in [3.05, 3.63) is 140 Å². The zero-order valence-corrected chi connectivity index (χ0v) is 21.6. The third kappa shape index (κ3) is 3.79. The molecule has 6 aromatic carbocycles. The third-order valence-electron chi connectivity index (χ3n) is 7.74. The van der Waals surface area contributed by atoms with Crippen LogP contribution in [0.1, 0.15) is 0 Å². The Balaban J connectivity index is 1.32. The number of benzene rings is 6. The molecule has 0 spiro atoms. The summed E-state index contributed by atoms with van der Waals surface area (Å²) in [7, 11) is 0. The lowest BCUT2D eigenvalue weighted by Gasteiger charge is -2.12. The average molecular weight is 510 g/mol. The van der Waals surface area contributed by atoms with E-state index in [2.05, 4.69) is 131 Å². The smallest absolute Gasteiger partial charge is 0.178 e. The van der Waals surface area contributed by atoms with Crippen molar-refractivity contribution in [3.63, 3.8) is 0 Å². The van der Waals surface area contributed by atoms with E-state index in [9.17, 15) is 0 Å². The quantitative estimate of drug-likeness (QED) is 0.223. The summed E-state index contributed by atoms with van der Waals surface area (Å²) in [4.78, 5) is 14.1. The molecule has 8 rings (SSSR count). The predicted octanol–water partition coefficient (Wildman–Crippen LogP) is 9.49. The lowest BCUT2D eigenvalue weighted by atomic mass is 9.95. The van der Waals surface area contributed by atoms with Crippen LogP contribution < -0.4 is 0 Å². The molecule has 0 aliphatic heterocycles. The summed E-state index contributed by atoms with van der Waals surface area (Å²) < 4.78 is 0. The Morgan fingerprint density at radius 1 is 0.350 bits per heavy atom. The molecule has 3 heteroatoms. The Hall–Kier alpha value is -5.41. The van der Waals surface area contributed by atoms with Gasteiger partial charge >= 0.3 is 0 Å². The summed E-state index contributed by atoms with van der Waals surface area (Å²) in [6, 6.07) is 45.3. The van der Waals surface area contributed by atoms with Crippen molar-refractivity contribution in [3.8, 4) is 33.9 Å². The minimum atomic E-state index is 0.615. The van der Waals surface area contributed by atoms with Gasteiger partial charge in [-0.3, -0.25) is 0 Å². The lowest BCUT2D eigenvalue weighted by molar-refractivity contribution is 1.14. The van der Waals surface area contributed by atoms with Crippen LogP contribution in [-0.4, -0.2) is 15.0 Å². The second kappa shape index (κ2) is 9.11. The minimum Gasteiger partial charge on any atom is -0.244 e. The maximum atomic E-state index is 5.05. The monoisotopic (exact) mass is 509 g/mol. The number of nitrogens with zero attached hydrogens (tertiary/aromatic N) is 3. The molecule has 0 aliphatic carbocycles. The summed E-state index contributed by atoms with van der Waals surface area (Å²) in [5, 5.41) is 9.93. The summed E-state index contributed by atoms with van der Waals surface area (Å²) in [6.07, 6.45) is 3.53. The number of fused-ring (bicyclic) bond motifs is 6. The molecule has 0 bridgehead atoms. The molecule has 0 amide bonds. The van der Waals surface area contributed by atoms with E-state index in [0.29, 0.717) is 5.82 Å². The molecule has 186 valence electrons. The standard InChI is InChI=1S/C37H23N3/c1-3-8-31-24(6-1)10-12-27-20-26(14-16-33(27)31)30-22-35(40-36(23-30)37-38-18-5-19-39-37)29-15-17-34-28(21-29)13-11-25-7-2-4-9-32(25)34/h1-23H. The van der Waals surface area contributed by atoms with Crippen LogP contribution in [0, 0.1) is 0 Å². The first kappa shape index (κ1) is 22.6. The van der Waals surface area contributed by atoms with E-state index in [1.54, 1.807) is 12.4 Å². The van der Waals surface area contributed by atoms with Gasteiger partial charge in [-0.2, -0.15) is 0 Å². The average Bonchev–Trinajstić information content (AvgIpc) is 3.04. The summed E-state index contributed by atoms with van der Waals surface area (Å²) >= 11 is 0. The van der Waals surface area contributed by atoms with Crippen molar-refractivity contribution in [2.75, 3.05) is 0 Å². The van der Waals surface area contributed by atoms with E-state index in [1.165, 1.54) is 43.1 Å². The second-order valence-electron chi connectivity index (χ2n) is 10.1. The van der Waals surface area contributed by atoms with Gasteiger partial charge in [-0.25, -0.2) is 15.0 Å². The molecule has 2 aromatic heterocycles. The fraction of sp³-hybridized carbons (Fsp3) is 0. The Labute approximate surface area is 231 Å². The van der Waals surface area contributed by atoms with Crippen LogP contribution >= 0.6 is 0 Å². The Morgan fingerprint density at radius 2 is 0.875 bits per heavy atom. The number of hydrogen-bond donors (Lipinski definition) is 0. The lowest BCUT2D eigenvalue weighted by Crippen LogP contribution is -1.95.